The average molecular weight is 421 g/mol. The molecule has 24 heavy (non-hydrogen) atoms. The lowest BCUT2D eigenvalue weighted by Gasteiger charge is -2.13. The number of hydrogen-bond acceptors (Lipinski definition) is 5. The minimum atomic E-state index is -0.485. The predicted octanol–water partition coefficient (Wildman–Crippen LogP) is 4.76. The van der Waals surface area contributed by atoms with Gasteiger partial charge >= 0.3 is 0 Å². The van der Waals surface area contributed by atoms with E-state index in [0.29, 0.717) is 14.9 Å². The lowest BCUT2D eigenvalue weighted by atomic mass is 10.2. The van der Waals surface area contributed by atoms with Crippen LogP contribution >= 0.6 is 39.9 Å². The third-order valence-corrected chi connectivity index (χ3v) is 5.33. The molecule has 120 valence electrons. The van der Waals surface area contributed by atoms with Crippen LogP contribution in [0.3, 0.4) is 0 Å². The highest BCUT2D eigenvalue weighted by Crippen LogP contribution is 2.37. The number of rotatable bonds is 3. The monoisotopic (exact) mass is 420 g/mol. The molecule has 0 atom stereocenters. The van der Waals surface area contributed by atoms with Crippen molar-refractivity contribution < 1.29 is 9.72 Å². The number of non-ortho nitro benzene ring substituents is 1. The summed E-state index contributed by atoms with van der Waals surface area (Å²) in [6.45, 7) is 0. The maximum absolute atomic E-state index is 12.7. The minimum Gasteiger partial charge on any atom is -0.268 e. The summed E-state index contributed by atoms with van der Waals surface area (Å²) in [6, 6.07) is 13.3. The first kappa shape index (κ1) is 16.8. The number of anilines is 1. The molecule has 1 saturated heterocycles. The fourth-order valence-corrected chi connectivity index (χ4v) is 3.84. The SMILES string of the molecule is O=C1/C(=C/c2ccccc2Br)SC(=S)N1c1ccc([N+](=O)[O-])cc1. The van der Waals surface area contributed by atoms with Crippen LogP contribution in [0.25, 0.3) is 6.08 Å². The molecule has 0 bridgehead atoms. The Bertz CT molecular complexity index is 881. The van der Waals surface area contributed by atoms with Crippen molar-refractivity contribution in [1.29, 1.82) is 0 Å². The Balaban J connectivity index is 1.92. The van der Waals surface area contributed by atoms with Gasteiger partial charge in [0, 0.05) is 16.6 Å². The van der Waals surface area contributed by atoms with Crippen LogP contribution in [0.1, 0.15) is 5.56 Å². The summed E-state index contributed by atoms with van der Waals surface area (Å²) in [5.41, 5.74) is 1.35. The van der Waals surface area contributed by atoms with Gasteiger partial charge in [-0.05, 0) is 29.8 Å². The van der Waals surface area contributed by atoms with Crippen LogP contribution in [0.4, 0.5) is 11.4 Å². The highest BCUT2D eigenvalue weighted by atomic mass is 79.9. The van der Waals surface area contributed by atoms with Gasteiger partial charge in [-0.25, -0.2) is 0 Å². The lowest BCUT2D eigenvalue weighted by Crippen LogP contribution is -2.27. The van der Waals surface area contributed by atoms with Gasteiger partial charge in [-0.3, -0.25) is 19.8 Å². The Morgan fingerprint density at radius 1 is 1.17 bits per heavy atom. The second-order valence-electron chi connectivity index (χ2n) is 4.81. The molecule has 1 heterocycles. The van der Waals surface area contributed by atoms with Gasteiger partial charge in [-0.15, -0.1) is 0 Å². The number of amides is 1. The van der Waals surface area contributed by atoms with E-state index < -0.39 is 4.92 Å². The molecular weight excluding hydrogens is 412 g/mol. The van der Waals surface area contributed by atoms with Crippen LogP contribution in [0.5, 0.6) is 0 Å². The minimum absolute atomic E-state index is 0.0343. The quantitative estimate of drug-likeness (QED) is 0.309. The third kappa shape index (κ3) is 3.26. The molecule has 8 heteroatoms. The second kappa shape index (κ2) is 6.84. The Morgan fingerprint density at radius 3 is 2.46 bits per heavy atom. The first-order chi connectivity index (χ1) is 11.5. The van der Waals surface area contributed by atoms with Gasteiger partial charge in [0.2, 0.25) is 0 Å². The van der Waals surface area contributed by atoms with E-state index in [2.05, 4.69) is 15.9 Å². The van der Waals surface area contributed by atoms with E-state index >= 15 is 0 Å². The van der Waals surface area contributed by atoms with Crippen molar-refractivity contribution >= 4 is 67.6 Å². The number of nitro groups is 1. The van der Waals surface area contributed by atoms with Crippen molar-refractivity contribution in [3.05, 3.63) is 73.6 Å². The van der Waals surface area contributed by atoms with Gasteiger partial charge in [-0.1, -0.05) is 58.1 Å². The van der Waals surface area contributed by atoms with Gasteiger partial charge in [-0.2, -0.15) is 0 Å². The molecule has 1 amide bonds. The van der Waals surface area contributed by atoms with Crippen LogP contribution in [0, 0.1) is 10.1 Å². The van der Waals surface area contributed by atoms with Crippen molar-refractivity contribution in [3.63, 3.8) is 0 Å². The molecule has 0 radical (unpaired) electrons. The van der Waals surface area contributed by atoms with Gasteiger partial charge in [0.05, 0.1) is 15.5 Å². The van der Waals surface area contributed by atoms with Gasteiger partial charge in [0.25, 0.3) is 11.6 Å². The van der Waals surface area contributed by atoms with Gasteiger partial charge in [0.15, 0.2) is 4.32 Å². The van der Waals surface area contributed by atoms with E-state index in [1.54, 1.807) is 6.08 Å². The van der Waals surface area contributed by atoms with Crippen LogP contribution in [0.2, 0.25) is 0 Å². The Kier molecular flexibility index (Phi) is 4.79. The largest absolute Gasteiger partial charge is 0.270 e. The van der Waals surface area contributed by atoms with E-state index in [4.69, 9.17) is 12.2 Å². The molecule has 0 aromatic heterocycles. The zero-order valence-electron chi connectivity index (χ0n) is 12.0. The van der Waals surface area contributed by atoms with E-state index in [0.717, 1.165) is 10.0 Å². The van der Waals surface area contributed by atoms with Crippen molar-refractivity contribution in [2.24, 2.45) is 0 Å². The topological polar surface area (TPSA) is 63.5 Å². The van der Waals surface area contributed by atoms with Gasteiger partial charge < -0.3 is 0 Å². The second-order valence-corrected chi connectivity index (χ2v) is 7.34. The molecule has 1 aliphatic rings. The fraction of sp³-hybridized carbons (Fsp3) is 0. The molecule has 2 aromatic carbocycles. The summed E-state index contributed by atoms with van der Waals surface area (Å²) in [7, 11) is 0. The van der Waals surface area contributed by atoms with E-state index in [-0.39, 0.29) is 11.6 Å². The lowest BCUT2D eigenvalue weighted by molar-refractivity contribution is -0.384. The summed E-state index contributed by atoms with van der Waals surface area (Å²) < 4.78 is 1.28. The number of nitrogens with zero attached hydrogens (tertiary/aromatic N) is 2. The standard InChI is InChI=1S/C16H9BrN2O3S2/c17-13-4-2-1-3-10(13)9-14-15(20)18(16(23)24-14)11-5-7-12(8-6-11)19(21)22/h1-9H/b14-9-. The van der Waals surface area contributed by atoms with Crippen molar-refractivity contribution in [1.82, 2.24) is 0 Å². The normalized spacial score (nSPS) is 16.0. The Labute approximate surface area is 155 Å². The molecule has 2 aromatic rings. The molecule has 0 aliphatic carbocycles. The third-order valence-electron chi connectivity index (χ3n) is 3.30. The number of thiocarbonyl (C=S) groups is 1. The highest BCUT2D eigenvalue weighted by molar-refractivity contribution is 9.10. The molecule has 1 fully saturated rings. The molecule has 1 aliphatic heterocycles. The molecule has 0 unspecified atom stereocenters. The van der Waals surface area contributed by atoms with Gasteiger partial charge in [0.1, 0.15) is 0 Å². The van der Waals surface area contributed by atoms with Crippen molar-refractivity contribution in [2.45, 2.75) is 0 Å². The number of hydrogen-bond donors (Lipinski definition) is 0. The summed E-state index contributed by atoms with van der Waals surface area (Å²) >= 11 is 9.94. The number of carbonyl (C=O) groups is 1. The van der Waals surface area contributed by atoms with E-state index in [1.807, 2.05) is 24.3 Å². The Hall–Kier alpha value is -2.03. The summed E-state index contributed by atoms with van der Waals surface area (Å²) in [5.74, 6) is -0.241. The molecular formula is C16H9BrN2O3S2. The van der Waals surface area contributed by atoms with Crippen LogP contribution in [-0.4, -0.2) is 15.2 Å². The first-order valence-electron chi connectivity index (χ1n) is 6.74. The maximum Gasteiger partial charge on any atom is 0.270 e. The van der Waals surface area contributed by atoms with E-state index in [1.165, 1.54) is 40.9 Å². The summed E-state index contributed by atoms with van der Waals surface area (Å²) in [5, 5.41) is 10.7. The summed E-state index contributed by atoms with van der Waals surface area (Å²) in [6.07, 6.45) is 1.77. The fourth-order valence-electron chi connectivity index (χ4n) is 2.15. The predicted molar refractivity (Wildman–Crippen MR) is 103 cm³/mol. The molecule has 0 saturated carbocycles. The molecule has 0 spiro atoms. The van der Waals surface area contributed by atoms with Crippen molar-refractivity contribution in [2.75, 3.05) is 4.90 Å². The zero-order valence-corrected chi connectivity index (χ0v) is 15.2. The van der Waals surface area contributed by atoms with Crippen LogP contribution in [-0.2, 0) is 4.79 Å². The summed E-state index contributed by atoms with van der Waals surface area (Å²) in [4.78, 5) is 24.8. The van der Waals surface area contributed by atoms with Crippen LogP contribution in [0.15, 0.2) is 57.9 Å². The smallest absolute Gasteiger partial charge is 0.268 e. The molecule has 5 nitrogen and oxygen atoms in total. The zero-order chi connectivity index (χ0) is 17.3. The average Bonchev–Trinajstić information content (AvgIpc) is 2.84. The highest BCUT2D eigenvalue weighted by Gasteiger charge is 2.33. The number of benzene rings is 2. The first-order valence-corrected chi connectivity index (χ1v) is 8.76. The van der Waals surface area contributed by atoms with E-state index in [9.17, 15) is 14.9 Å². The number of carbonyl (C=O) groups excluding carboxylic acids is 1. The van der Waals surface area contributed by atoms with Crippen molar-refractivity contribution in [3.8, 4) is 0 Å². The molecule has 0 N–H and O–H groups in total. The number of halogens is 1. The maximum atomic E-state index is 12.7. The number of nitro benzene ring substituents is 1. The Morgan fingerprint density at radius 2 is 1.83 bits per heavy atom. The molecule has 3 rings (SSSR count). The van der Waals surface area contributed by atoms with Crippen LogP contribution < -0.4 is 4.90 Å². The number of thioether (sulfide) groups is 1.